The molecule has 0 unspecified atom stereocenters. The molecule has 1 aliphatic rings. The van der Waals surface area contributed by atoms with E-state index < -0.39 is 0 Å². The maximum atomic E-state index is 11.8. The van der Waals surface area contributed by atoms with Gasteiger partial charge in [-0.2, -0.15) is 0 Å². The van der Waals surface area contributed by atoms with Gasteiger partial charge in [0.25, 0.3) is 0 Å². The Balaban J connectivity index is 1.37. The number of aromatic nitrogens is 2. The van der Waals surface area contributed by atoms with Crippen LogP contribution in [0.1, 0.15) is 22.8 Å². The zero-order valence-corrected chi connectivity index (χ0v) is 17.1. The van der Waals surface area contributed by atoms with Gasteiger partial charge in [0.05, 0.1) is 17.7 Å². The molecule has 0 radical (unpaired) electrons. The number of carbonyl (C=O) groups is 1. The van der Waals surface area contributed by atoms with Gasteiger partial charge in [-0.25, -0.2) is 14.8 Å². The van der Waals surface area contributed by atoms with Crippen LogP contribution in [0.15, 0.2) is 48.7 Å². The Morgan fingerprint density at radius 1 is 1.14 bits per heavy atom. The van der Waals surface area contributed by atoms with Crippen molar-refractivity contribution in [1.82, 2.24) is 14.9 Å². The van der Waals surface area contributed by atoms with Crippen molar-refractivity contribution in [3.05, 3.63) is 64.9 Å². The van der Waals surface area contributed by atoms with Gasteiger partial charge >= 0.3 is 5.97 Å². The Bertz CT molecular complexity index is 1000. The van der Waals surface area contributed by atoms with Gasteiger partial charge < -0.3 is 9.64 Å². The fraction of sp³-hybridized carbons (Fsp3) is 0.318. The smallest absolute Gasteiger partial charge is 0.339 e. The second-order valence-corrected chi connectivity index (χ2v) is 7.38. The molecule has 7 heteroatoms. The summed E-state index contributed by atoms with van der Waals surface area (Å²) in [6.07, 6.45) is 1.58. The zero-order valence-electron chi connectivity index (χ0n) is 16.3. The molecule has 150 valence electrons. The number of esters is 1. The van der Waals surface area contributed by atoms with E-state index in [2.05, 4.69) is 31.9 Å². The second-order valence-electron chi connectivity index (χ2n) is 7.02. The molecule has 3 aromatic rings. The van der Waals surface area contributed by atoms with Crippen LogP contribution in [0.5, 0.6) is 0 Å². The number of rotatable bonds is 5. The van der Waals surface area contributed by atoms with Crippen LogP contribution in [0.25, 0.3) is 10.9 Å². The Morgan fingerprint density at radius 3 is 2.66 bits per heavy atom. The highest BCUT2D eigenvalue weighted by molar-refractivity contribution is 6.30. The number of hydrogen-bond donors (Lipinski definition) is 0. The molecular formula is C22H23ClN4O2. The van der Waals surface area contributed by atoms with Gasteiger partial charge in [-0.15, -0.1) is 0 Å². The molecule has 0 amide bonds. The average molecular weight is 411 g/mol. The summed E-state index contributed by atoms with van der Waals surface area (Å²) in [6.45, 7) is 6.48. The lowest BCUT2D eigenvalue weighted by Crippen LogP contribution is -2.46. The molecule has 0 atom stereocenters. The van der Waals surface area contributed by atoms with E-state index in [1.54, 1.807) is 19.2 Å². The number of carbonyl (C=O) groups excluding carboxylic acids is 1. The molecule has 29 heavy (non-hydrogen) atoms. The quantitative estimate of drug-likeness (QED) is 0.471. The third-order valence-corrected chi connectivity index (χ3v) is 5.43. The highest BCUT2D eigenvalue weighted by atomic mass is 35.5. The number of para-hydroxylation sites is 1. The van der Waals surface area contributed by atoms with Crippen LogP contribution in [-0.2, 0) is 11.3 Å². The maximum absolute atomic E-state index is 11.8. The number of benzene rings is 1. The summed E-state index contributed by atoms with van der Waals surface area (Å²) in [5.41, 5.74) is 2.45. The summed E-state index contributed by atoms with van der Waals surface area (Å²) in [5, 5.41) is 1.68. The minimum Gasteiger partial charge on any atom is -0.462 e. The highest BCUT2D eigenvalue weighted by Gasteiger charge is 2.20. The van der Waals surface area contributed by atoms with Crippen molar-refractivity contribution in [3.63, 3.8) is 0 Å². The first-order valence-corrected chi connectivity index (χ1v) is 10.2. The lowest BCUT2D eigenvalue weighted by atomic mass is 10.1. The largest absolute Gasteiger partial charge is 0.462 e. The number of fused-ring (bicyclic) bond motifs is 1. The molecule has 0 bridgehead atoms. The molecule has 1 saturated heterocycles. The average Bonchev–Trinajstić information content (AvgIpc) is 2.75. The van der Waals surface area contributed by atoms with Gasteiger partial charge in [0.15, 0.2) is 0 Å². The minimum absolute atomic E-state index is 0.336. The van der Waals surface area contributed by atoms with Crippen LogP contribution in [0, 0.1) is 0 Å². The van der Waals surface area contributed by atoms with Crippen molar-refractivity contribution in [3.8, 4) is 0 Å². The van der Waals surface area contributed by atoms with E-state index in [1.165, 1.54) is 0 Å². The van der Waals surface area contributed by atoms with Gasteiger partial charge in [0.2, 0.25) is 0 Å². The van der Waals surface area contributed by atoms with Crippen LogP contribution in [0.2, 0.25) is 5.15 Å². The lowest BCUT2D eigenvalue weighted by molar-refractivity contribution is 0.0526. The van der Waals surface area contributed by atoms with Crippen LogP contribution in [0.4, 0.5) is 5.82 Å². The molecule has 0 aliphatic carbocycles. The lowest BCUT2D eigenvalue weighted by Gasteiger charge is -2.35. The van der Waals surface area contributed by atoms with Crippen molar-refractivity contribution < 1.29 is 9.53 Å². The van der Waals surface area contributed by atoms with Crippen LogP contribution in [0.3, 0.4) is 0 Å². The number of anilines is 1. The summed E-state index contributed by atoms with van der Waals surface area (Å²) >= 11 is 6.41. The van der Waals surface area contributed by atoms with Gasteiger partial charge in [0.1, 0.15) is 11.0 Å². The van der Waals surface area contributed by atoms with Crippen LogP contribution >= 0.6 is 11.6 Å². The molecule has 0 spiro atoms. The molecule has 2 aromatic heterocycles. The predicted molar refractivity (Wildman–Crippen MR) is 114 cm³/mol. The zero-order chi connectivity index (χ0) is 20.2. The topological polar surface area (TPSA) is 58.6 Å². The van der Waals surface area contributed by atoms with Gasteiger partial charge in [-0.05, 0) is 31.2 Å². The monoisotopic (exact) mass is 410 g/mol. The second kappa shape index (κ2) is 8.76. The predicted octanol–water partition coefficient (Wildman–Crippen LogP) is 3.78. The summed E-state index contributed by atoms with van der Waals surface area (Å²) in [5.74, 6) is 0.542. The summed E-state index contributed by atoms with van der Waals surface area (Å²) in [4.78, 5) is 25.3. The fourth-order valence-corrected chi connectivity index (χ4v) is 3.74. The Morgan fingerprint density at radius 2 is 1.93 bits per heavy atom. The van der Waals surface area contributed by atoms with E-state index in [0.29, 0.717) is 17.3 Å². The molecule has 1 fully saturated rings. The number of piperazine rings is 1. The Kier molecular flexibility index (Phi) is 5.92. The summed E-state index contributed by atoms with van der Waals surface area (Å²) in [7, 11) is 0. The number of hydrogen-bond acceptors (Lipinski definition) is 6. The van der Waals surface area contributed by atoms with Crippen molar-refractivity contribution in [1.29, 1.82) is 0 Å². The fourth-order valence-electron chi connectivity index (χ4n) is 3.53. The number of ether oxygens (including phenoxy) is 1. The molecule has 0 N–H and O–H groups in total. The molecule has 4 rings (SSSR count). The molecule has 0 saturated carbocycles. The van der Waals surface area contributed by atoms with Crippen molar-refractivity contribution in [2.24, 2.45) is 0 Å². The van der Waals surface area contributed by atoms with Gasteiger partial charge in [-0.1, -0.05) is 29.8 Å². The third kappa shape index (κ3) is 4.49. The van der Waals surface area contributed by atoms with E-state index in [0.717, 1.165) is 55.0 Å². The Hall–Kier alpha value is -2.70. The molecule has 6 nitrogen and oxygen atoms in total. The highest BCUT2D eigenvalue weighted by Crippen LogP contribution is 2.23. The molecule has 1 aliphatic heterocycles. The van der Waals surface area contributed by atoms with E-state index in [1.807, 2.05) is 24.3 Å². The van der Waals surface area contributed by atoms with Gasteiger partial charge in [0, 0.05) is 49.9 Å². The van der Waals surface area contributed by atoms with Crippen molar-refractivity contribution in [2.45, 2.75) is 13.5 Å². The first kappa shape index (κ1) is 19.6. The van der Waals surface area contributed by atoms with E-state index in [4.69, 9.17) is 16.3 Å². The summed E-state index contributed by atoms with van der Waals surface area (Å²) < 4.78 is 5.01. The van der Waals surface area contributed by atoms with E-state index in [-0.39, 0.29) is 5.97 Å². The van der Waals surface area contributed by atoms with Crippen LogP contribution < -0.4 is 4.90 Å². The van der Waals surface area contributed by atoms with Crippen LogP contribution in [-0.4, -0.2) is 53.6 Å². The van der Waals surface area contributed by atoms with Crippen molar-refractivity contribution >= 4 is 34.3 Å². The summed E-state index contributed by atoms with van der Waals surface area (Å²) in [6, 6.07) is 13.8. The first-order chi connectivity index (χ1) is 14.1. The standard InChI is InChI=1S/C22H23ClN4O2/c1-2-29-22(28)17-7-8-20(24-14-17)27-11-9-26(10-12-27)15-18-13-16-5-3-4-6-19(16)25-21(18)23/h3-8,13-14H,2,9-12,15H2,1H3. The third-order valence-electron chi connectivity index (χ3n) is 5.10. The Labute approximate surface area is 175 Å². The van der Waals surface area contributed by atoms with E-state index in [9.17, 15) is 4.79 Å². The minimum atomic E-state index is -0.336. The molecule has 1 aromatic carbocycles. The number of halogens is 1. The molecular weight excluding hydrogens is 388 g/mol. The van der Waals surface area contributed by atoms with Gasteiger partial charge in [-0.3, -0.25) is 4.90 Å². The van der Waals surface area contributed by atoms with E-state index >= 15 is 0 Å². The van der Waals surface area contributed by atoms with Crippen molar-refractivity contribution in [2.75, 3.05) is 37.7 Å². The number of nitrogens with zero attached hydrogens (tertiary/aromatic N) is 4. The normalized spacial score (nSPS) is 14.9. The SMILES string of the molecule is CCOC(=O)c1ccc(N2CCN(Cc3cc4ccccc4nc3Cl)CC2)nc1. The number of pyridine rings is 2. The first-order valence-electron chi connectivity index (χ1n) is 9.78. The maximum Gasteiger partial charge on any atom is 0.339 e. The molecule has 3 heterocycles.